The average Bonchev–Trinajstić information content (AvgIpc) is 3.40. The number of Topliss-reactive ketones (excluding diaryl/α,β-unsaturated/α-hetero) is 1. The largest absolute Gasteiger partial charge is 0.494 e. The Bertz CT molecular complexity index is 1150. The van der Waals surface area contributed by atoms with Gasteiger partial charge in [-0.05, 0) is 7.05 Å². The van der Waals surface area contributed by atoms with Gasteiger partial charge in [-0.2, -0.15) is 0 Å². The van der Waals surface area contributed by atoms with Gasteiger partial charge < -0.3 is 25.3 Å². The third kappa shape index (κ3) is 3.42. The van der Waals surface area contributed by atoms with E-state index in [9.17, 15) is 14.4 Å². The number of H-pyrrole nitrogens is 1. The van der Waals surface area contributed by atoms with E-state index in [2.05, 4.69) is 19.9 Å². The standard InChI is InChI=1S/C19H20N6O4S/c1-24-3-5-25(6-4-24)19(28)16(26)10-7-21-15-13(10)12(29-2)8-22-14(15)11-9-30-18(23-11)17(20)27/h7-9,21H,3-6H2,1-2H3,(H2,20,27). The van der Waals surface area contributed by atoms with Crippen LogP contribution in [0.3, 0.4) is 0 Å². The molecular weight excluding hydrogens is 408 g/mol. The predicted molar refractivity (Wildman–Crippen MR) is 111 cm³/mol. The van der Waals surface area contributed by atoms with Gasteiger partial charge in [-0.25, -0.2) is 9.97 Å². The van der Waals surface area contributed by atoms with Crippen LogP contribution in [0.1, 0.15) is 20.2 Å². The molecule has 10 nitrogen and oxygen atoms in total. The van der Waals surface area contributed by atoms with Crippen LogP contribution < -0.4 is 10.5 Å². The molecule has 0 bridgehead atoms. The smallest absolute Gasteiger partial charge is 0.295 e. The van der Waals surface area contributed by atoms with Crippen molar-refractivity contribution in [3.05, 3.63) is 28.3 Å². The number of rotatable bonds is 5. The van der Waals surface area contributed by atoms with Crippen molar-refractivity contribution in [2.24, 2.45) is 5.73 Å². The summed E-state index contributed by atoms with van der Waals surface area (Å²) in [5, 5.41) is 2.26. The number of amides is 2. The number of ketones is 1. The summed E-state index contributed by atoms with van der Waals surface area (Å²) in [7, 11) is 3.44. The number of aromatic nitrogens is 3. The van der Waals surface area contributed by atoms with Crippen LogP contribution in [0.5, 0.6) is 5.75 Å². The minimum atomic E-state index is -0.629. The number of fused-ring (bicyclic) bond motifs is 1. The SMILES string of the molecule is COc1cnc(-c2csc(C(N)=O)n2)c2[nH]cc(C(=O)C(=O)N3CCN(C)CC3)c12. The van der Waals surface area contributed by atoms with E-state index in [4.69, 9.17) is 10.5 Å². The van der Waals surface area contributed by atoms with Crippen molar-refractivity contribution in [2.75, 3.05) is 40.3 Å². The molecule has 3 N–H and O–H groups in total. The molecule has 156 valence electrons. The second-order valence-electron chi connectivity index (χ2n) is 6.95. The highest BCUT2D eigenvalue weighted by Crippen LogP contribution is 2.35. The van der Waals surface area contributed by atoms with Gasteiger partial charge in [0.1, 0.15) is 17.1 Å². The van der Waals surface area contributed by atoms with Gasteiger partial charge in [0.2, 0.25) is 0 Å². The van der Waals surface area contributed by atoms with Crippen LogP contribution in [0.15, 0.2) is 17.8 Å². The van der Waals surface area contributed by atoms with E-state index in [1.165, 1.54) is 19.5 Å². The Morgan fingerprint density at radius 1 is 1.23 bits per heavy atom. The molecule has 1 fully saturated rings. The van der Waals surface area contributed by atoms with Crippen LogP contribution in [0.4, 0.5) is 0 Å². The summed E-state index contributed by atoms with van der Waals surface area (Å²) in [6, 6.07) is 0. The van der Waals surface area contributed by atoms with Crippen molar-refractivity contribution >= 4 is 39.8 Å². The first kappa shape index (κ1) is 20.0. The topological polar surface area (TPSA) is 135 Å². The molecule has 0 unspecified atom stereocenters. The molecular formula is C19H20N6O4S. The zero-order valence-corrected chi connectivity index (χ0v) is 17.3. The molecule has 3 aromatic heterocycles. The normalized spacial score (nSPS) is 14.8. The van der Waals surface area contributed by atoms with Gasteiger partial charge in [-0.1, -0.05) is 0 Å². The second kappa shape index (κ2) is 7.84. The van der Waals surface area contributed by atoms with Gasteiger partial charge in [0.15, 0.2) is 5.01 Å². The number of nitrogens with zero attached hydrogens (tertiary/aromatic N) is 4. The molecule has 2 amide bonds. The first-order valence-corrected chi connectivity index (χ1v) is 10.1. The Hall–Kier alpha value is -3.31. The first-order valence-electron chi connectivity index (χ1n) is 9.22. The molecule has 0 saturated carbocycles. The Kier molecular flexibility index (Phi) is 5.22. The Morgan fingerprint density at radius 2 is 1.97 bits per heavy atom. The highest BCUT2D eigenvalue weighted by molar-refractivity contribution is 7.12. The minimum absolute atomic E-state index is 0.156. The van der Waals surface area contributed by atoms with Crippen LogP contribution in [0.2, 0.25) is 0 Å². The highest BCUT2D eigenvalue weighted by Gasteiger charge is 2.29. The van der Waals surface area contributed by atoms with E-state index in [1.54, 1.807) is 10.3 Å². The molecule has 4 heterocycles. The number of methoxy groups -OCH3 is 1. The molecule has 30 heavy (non-hydrogen) atoms. The number of thiazole rings is 1. The van der Waals surface area contributed by atoms with Gasteiger partial charge in [0.25, 0.3) is 17.6 Å². The molecule has 4 rings (SSSR count). The molecule has 1 saturated heterocycles. The number of carbonyl (C=O) groups is 3. The summed E-state index contributed by atoms with van der Waals surface area (Å²) >= 11 is 1.11. The fourth-order valence-electron chi connectivity index (χ4n) is 3.41. The van der Waals surface area contributed by atoms with Crippen molar-refractivity contribution in [2.45, 2.75) is 0 Å². The van der Waals surface area contributed by atoms with Crippen molar-refractivity contribution in [1.82, 2.24) is 24.8 Å². The van der Waals surface area contributed by atoms with Gasteiger partial charge in [-0.15, -0.1) is 11.3 Å². The number of hydrogen-bond donors (Lipinski definition) is 2. The number of piperazine rings is 1. The maximum Gasteiger partial charge on any atom is 0.295 e. The molecule has 0 atom stereocenters. The Labute approximate surface area is 175 Å². The fourth-order valence-corrected chi connectivity index (χ4v) is 4.07. The molecule has 0 aromatic carbocycles. The summed E-state index contributed by atoms with van der Waals surface area (Å²) in [5.41, 5.74) is 6.86. The molecule has 3 aromatic rings. The number of ether oxygens (including phenoxy) is 1. The van der Waals surface area contributed by atoms with Gasteiger partial charge in [0.05, 0.1) is 29.8 Å². The molecule has 1 aliphatic heterocycles. The lowest BCUT2D eigenvalue weighted by Gasteiger charge is -2.31. The van der Waals surface area contributed by atoms with Crippen LogP contribution in [0.25, 0.3) is 22.3 Å². The predicted octanol–water partition coefficient (Wildman–Crippen LogP) is 0.751. The van der Waals surface area contributed by atoms with E-state index in [0.717, 1.165) is 24.4 Å². The third-order valence-electron chi connectivity index (χ3n) is 5.08. The molecule has 0 aliphatic carbocycles. The van der Waals surface area contributed by atoms with Crippen LogP contribution in [-0.2, 0) is 4.79 Å². The summed E-state index contributed by atoms with van der Waals surface area (Å²) in [6.07, 6.45) is 2.95. The van der Waals surface area contributed by atoms with E-state index in [-0.39, 0.29) is 10.6 Å². The van der Waals surface area contributed by atoms with Gasteiger partial charge in [0, 0.05) is 37.8 Å². The van der Waals surface area contributed by atoms with E-state index in [1.807, 2.05) is 7.05 Å². The zero-order valence-electron chi connectivity index (χ0n) is 16.5. The zero-order chi connectivity index (χ0) is 21.4. The summed E-state index contributed by atoms with van der Waals surface area (Å²) in [4.78, 5) is 52.5. The molecule has 11 heteroatoms. The number of pyridine rings is 1. The number of aromatic amines is 1. The summed E-state index contributed by atoms with van der Waals surface area (Å²) in [6.45, 7) is 2.44. The Morgan fingerprint density at radius 3 is 2.60 bits per heavy atom. The van der Waals surface area contributed by atoms with E-state index in [0.29, 0.717) is 41.1 Å². The van der Waals surface area contributed by atoms with Gasteiger partial charge >= 0.3 is 0 Å². The monoisotopic (exact) mass is 428 g/mol. The van der Waals surface area contributed by atoms with Gasteiger partial charge in [-0.3, -0.25) is 14.4 Å². The van der Waals surface area contributed by atoms with Crippen LogP contribution in [0, 0.1) is 0 Å². The summed E-state index contributed by atoms with van der Waals surface area (Å²) in [5.74, 6) is -1.43. The lowest BCUT2D eigenvalue weighted by molar-refractivity contribution is -0.127. The van der Waals surface area contributed by atoms with Crippen LogP contribution in [-0.4, -0.2) is 82.7 Å². The number of primary amides is 1. The maximum absolute atomic E-state index is 13.0. The second-order valence-corrected chi connectivity index (χ2v) is 7.81. The number of nitrogens with one attached hydrogen (secondary N) is 1. The Balaban J connectivity index is 1.75. The maximum atomic E-state index is 13.0. The van der Waals surface area contributed by atoms with E-state index < -0.39 is 17.6 Å². The average molecular weight is 428 g/mol. The van der Waals surface area contributed by atoms with Crippen molar-refractivity contribution in [1.29, 1.82) is 0 Å². The molecule has 0 spiro atoms. The lowest BCUT2D eigenvalue weighted by atomic mass is 10.1. The minimum Gasteiger partial charge on any atom is -0.494 e. The third-order valence-corrected chi connectivity index (χ3v) is 5.94. The molecule has 1 aliphatic rings. The van der Waals surface area contributed by atoms with E-state index >= 15 is 0 Å². The number of nitrogens with two attached hydrogens (primary N) is 1. The number of hydrogen-bond acceptors (Lipinski definition) is 8. The number of likely N-dealkylation sites (N-methyl/N-ethyl adjacent to an activating group) is 1. The van der Waals surface area contributed by atoms with Crippen molar-refractivity contribution in [3.8, 4) is 17.1 Å². The quantitative estimate of drug-likeness (QED) is 0.452. The number of carbonyl (C=O) groups excluding carboxylic acids is 3. The van der Waals surface area contributed by atoms with Crippen molar-refractivity contribution < 1.29 is 19.1 Å². The van der Waals surface area contributed by atoms with Crippen molar-refractivity contribution in [3.63, 3.8) is 0 Å². The summed E-state index contributed by atoms with van der Waals surface area (Å²) < 4.78 is 5.39. The molecule has 0 radical (unpaired) electrons. The lowest BCUT2D eigenvalue weighted by Crippen LogP contribution is -2.49. The first-order chi connectivity index (χ1) is 14.4. The highest BCUT2D eigenvalue weighted by atomic mass is 32.1. The van der Waals surface area contributed by atoms with Crippen LogP contribution >= 0.6 is 11.3 Å². The fraction of sp³-hybridized carbons (Fsp3) is 0.316.